The molecular formula is C16H26N4O. The zero-order chi connectivity index (χ0) is 15.1. The van der Waals surface area contributed by atoms with Gasteiger partial charge in [-0.25, -0.2) is 0 Å². The van der Waals surface area contributed by atoms with Crippen LogP contribution in [0, 0.1) is 0 Å². The summed E-state index contributed by atoms with van der Waals surface area (Å²) >= 11 is 0. The van der Waals surface area contributed by atoms with E-state index in [4.69, 9.17) is 0 Å². The van der Waals surface area contributed by atoms with Gasteiger partial charge in [-0.15, -0.1) is 0 Å². The molecule has 1 amide bonds. The van der Waals surface area contributed by atoms with E-state index in [9.17, 15) is 4.79 Å². The molecule has 0 bridgehead atoms. The Labute approximate surface area is 127 Å². The van der Waals surface area contributed by atoms with Crippen molar-refractivity contribution in [3.8, 4) is 0 Å². The van der Waals surface area contributed by atoms with E-state index in [0.717, 1.165) is 45.0 Å². The number of anilines is 1. The number of nitrogens with one attached hydrogen (secondary N) is 2. The first-order valence-corrected chi connectivity index (χ1v) is 7.66. The summed E-state index contributed by atoms with van der Waals surface area (Å²) in [5.74, 6) is 0.0454. The zero-order valence-electron chi connectivity index (χ0n) is 13.0. The maximum Gasteiger partial charge on any atom is 0.241 e. The Morgan fingerprint density at radius 1 is 1.33 bits per heavy atom. The molecule has 0 spiro atoms. The Bertz CT molecular complexity index is 431. The molecule has 5 heteroatoms. The van der Waals surface area contributed by atoms with Crippen molar-refractivity contribution in [1.29, 1.82) is 0 Å². The van der Waals surface area contributed by atoms with E-state index in [0.29, 0.717) is 0 Å². The van der Waals surface area contributed by atoms with E-state index in [1.165, 1.54) is 0 Å². The maximum absolute atomic E-state index is 12.2. The Morgan fingerprint density at radius 3 is 2.67 bits per heavy atom. The van der Waals surface area contributed by atoms with Gasteiger partial charge in [0, 0.05) is 45.0 Å². The molecule has 1 heterocycles. The Morgan fingerprint density at radius 2 is 2.00 bits per heavy atom. The fourth-order valence-corrected chi connectivity index (χ4v) is 2.40. The van der Waals surface area contributed by atoms with Gasteiger partial charge >= 0.3 is 0 Å². The fourth-order valence-electron chi connectivity index (χ4n) is 2.40. The van der Waals surface area contributed by atoms with Crippen LogP contribution in [0.3, 0.4) is 0 Å². The first-order valence-electron chi connectivity index (χ1n) is 7.66. The Kier molecular flexibility index (Phi) is 6.17. The predicted molar refractivity (Wildman–Crippen MR) is 86.5 cm³/mol. The van der Waals surface area contributed by atoms with E-state index in [1.807, 2.05) is 44.3 Å². The van der Waals surface area contributed by atoms with Gasteiger partial charge < -0.3 is 10.6 Å². The van der Waals surface area contributed by atoms with Crippen LogP contribution in [-0.2, 0) is 4.79 Å². The van der Waals surface area contributed by atoms with Crippen molar-refractivity contribution < 1.29 is 4.79 Å². The van der Waals surface area contributed by atoms with E-state index in [1.54, 1.807) is 0 Å². The molecule has 1 aromatic rings. The fraction of sp³-hybridized carbons (Fsp3) is 0.562. The van der Waals surface area contributed by atoms with Crippen LogP contribution in [0.2, 0.25) is 0 Å². The summed E-state index contributed by atoms with van der Waals surface area (Å²) in [6.45, 7) is 8.19. The van der Waals surface area contributed by atoms with Crippen LogP contribution in [0.5, 0.6) is 0 Å². The highest BCUT2D eigenvalue weighted by Gasteiger charge is 2.19. The number of piperazine rings is 1. The third-order valence-corrected chi connectivity index (χ3v) is 4.06. The second-order valence-electron chi connectivity index (χ2n) is 5.60. The highest BCUT2D eigenvalue weighted by Crippen LogP contribution is 2.07. The van der Waals surface area contributed by atoms with Gasteiger partial charge in [0.2, 0.25) is 5.91 Å². The molecule has 1 atom stereocenters. The van der Waals surface area contributed by atoms with Gasteiger partial charge in [-0.1, -0.05) is 18.2 Å². The number of benzene rings is 1. The van der Waals surface area contributed by atoms with Gasteiger partial charge in [-0.2, -0.15) is 0 Å². The smallest absolute Gasteiger partial charge is 0.241 e. The van der Waals surface area contributed by atoms with Gasteiger partial charge in [0.1, 0.15) is 0 Å². The standard InChI is InChI=1S/C16H26N4O/c1-14(16(21)18-15-6-4-3-5-7-15)19(2)12-13-20-10-8-17-9-11-20/h3-7,14,17H,8-13H2,1-2H3,(H,18,21). The summed E-state index contributed by atoms with van der Waals surface area (Å²) in [5.41, 5.74) is 0.852. The number of rotatable bonds is 6. The van der Waals surface area contributed by atoms with Crippen molar-refractivity contribution in [1.82, 2.24) is 15.1 Å². The molecule has 5 nitrogen and oxygen atoms in total. The average Bonchev–Trinajstić information content (AvgIpc) is 2.53. The molecule has 116 valence electrons. The largest absolute Gasteiger partial charge is 0.325 e. The Balaban J connectivity index is 1.75. The number of nitrogens with zero attached hydrogens (tertiary/aromatic N) is 2. The quantitative estimate of drug-likeness (QED) is 0.815. The van der Waals surface area contributed by atoms with Crippen LogP contribution in [0.4, 0.5) is 5.69 Å². The van der Waals surface area contributed by atoms with Gasteiger partial charge in [0.15, 0.2) is 0 Å². The molecule has 0 saturated carbocycles. The molecule has 1 saturated heterocycles. The van der Waals surface area contributed by atoms with Crippen LogP contribution in [-0.4, -0.2) is 68.1 Å². The molecule has 1 aromatic carbocycles. The van der Waals surface area contributed by atoms with Crippen LogP contribution < -0.4 is 10.6 Å². The topological polar surface area (TPSA) is 47.6 Å². The molecule has 1 aliphatic rings. The molecule has 21 heavy (non-hydrogen) atoms. The number of carbonyl (C=O) groups excluding carboxylic acids is 1. The third kappa shape index (κ3) is 5.12. The molecule has 0 aromatic heterocycles. The lowest BCUT2D eigenvalue weighted by molar-refractivity contribution is -0.120. The number of carbonyl (C=O) groups is 1. The Hall–Kier alpha value is -1.43. The number of likely N-dealkylation sites (N-methyl/N-ethyl adjacent to an activating group) is 1. The summed E-state index contributed by atoms with van der Waals surface area (Å²) in [4.78, 5) is 16.8. The van der Waals surface area contributed by atoms with Crippen LogP contribution in [0.25, 0.3) is 0 Å². The minimum Gasteiger partial charge on any atom is -0.325 e. The maximum atomic E-state index is 12.2. The predicted octanol–water partition coefficient (Wildman–Crippen LogP) is 0.851. The third-order valence-electron chi connectivity index (χ3n) is 4.06. The summed E-state index contributed by atoms with van der Waals surface area (Å²) in [5, 5.41) is 6.31. The van der Waals surface area contributed by atoms with Crippen LogP contribution >= 0.6 is 0 Å². The highest BCUT2D eigenvalue weighted by atomic mass is 16.2. The van der Waals surface area contributed by atoms with Gasteiger partial charge in [0.05, 0.1) is 6.04 Å². The van der Waals surface area contributed by atoms with Crippen LogP contribution in [0.1, 0.15) is 6.92 Å². The van der Waals surface area contributed by atoms with Crippen molar-refractivity contribution in [3.63, 3.8) is 0 Å². The molecule has 2 rings (SSSR count). The lowest BCUT2D eigenvalue weighted by Crippen LogP contribution is -2.48. The molecule has 1 unspecified atom stereocenters. The summed E-state index contributed by atoms with van der Waals surface area (Å²) in [6.07, 6.45) is 0. The molecule has 0 radical (unpaired) electrons. The van der Waals surface area contributed by atoms with Crippen LogP contribution in [0.15, 0.2) is 30.3 Å². The minimum atomic E-state index is -0.131. The van der Waals surface area contributed by atoms with E-state index < -0.39 is 0 Å². The zero-order valence-corrected chi connectivity index (χ0v) is 13.0. The van der Waals surface area contributed by atoms with Gasteiger partial charge in [0.25, 0.3) is 0 Å². The number of hydrogen-bond donors (Lipinski definition) is 2. The minimum absolute atomic E-state index is 0.0454. The first kappa shape index (κ1) is 15.9. The van der Waals surface area contributed by atoms with Crippen molar-refractivity contribution >= 4 is 11.6 Å². The number of hydrogen-bond acceptors (Lipinski definition) is 4. The lowest BCUT2D eigenvalue weighted by atomic mass is 10.2. The second-order valence-corrected chi connectivity index (χ2v) is 5.60. The SMILES string of the molecule is CC(C(=O)Nc1ccccc1)N(C)CCN1CCNCC1. The molecule has 0 aliphatic carbocycles. The second kappa shape index (κ2) is 8.12. The van der Waals surface area contributed by atoms with Crippen molar-refractivity contribution in [3.05, 3.63) is 30.3 Å². The van der Waals surface area contributed by atoms with Crippen molar-refractivity contribution in [2.75, 3.05) is 51.6 Å². The number of amides is 1. The highest BCUT2D eigenvalue weighted by molar-refractivity contribution is 5.94. The lowest BCUT2D eigenvalue weighted by Gasteiger charge is -2.30. The molecular weight excluding hydrogens is 264 g/mol. The molecule has 2 N–H and O–H groups in total. The monoisotopic (exact) mass is 290 g/mol. The van der Waals surface area contributed by atoms with Gasteiger partial charge in [-0.3, -0.25) is 14.6 Å². The van der Waals surface area contributed by atoms with Gasteiger partial charge in [-0.05, 0) is 26.1 Å². The molecule has 1 aliphatic heterocycles. The van der Waals surface area contributed by atoms with E-state index in [-0.39, 0.29) is 11.9 Å². The summed E-state index contributed by atoms with van der Waals surface area (Å²) in [7, 11) is 2.01. The van der Waals surface area contributed by atoms with E-state index in [2.05, 4.69) is 20.4 Å². The normalized spacial score (nSPS) is 17.7. The number of para-hydroxylation sites is 1. The van der Waals surface area contributed by atoms with Crippen molar-refractivity contribution in [2.24, 2.45) is 0 Å². The van der Waals surface area contributed by atoms with Crippen molar-refractivity contribution in [2.45, 2.75) is 13.0 Å². The molecule has 1 fully saturated rings. The summed E-state index contributed by atoms with van der Waals surface area (Å²) in [6, 6.07) is 9.48. The van der Waals surface area contributed by atoms with E-state index >= 15 is 0 Å². The summed E-state index contributed by atoms with van der Waals surface area (Å²) < 4.78 is 0. The first-order chi connectivity index (χ1) is 10.2. The average molecular weight is 290 g/mol.